The monoisotopic (exact) mass is 366 g/mol. The highest BCUT2D eigenvalue weighted by molar-refractivity contribution is 5.83. The topological polar surface area (TPSA) is 70.0 Å². The third-order valence-corrected chi connectivity index (χ3v) is 5.00. The number of para-hydroxylation sites is 1. The summed E-state index contributed by atoms with van der Waals surface area (Å²) in [6.45, 7) is 8.71. The van der Waals surface area contributed by atoms with E-state index in [1.807, 2.05) is 11.7 Å². The van der Waals surface area contributed by atoms with Crippen molar-refractivity contribution in [2.24, 2.45) is 12.0 Å². The standard InChI is InChI=1S/C21H30N6/c1-5-22-21(24-13-11-18-15(2)26-27(4)16(18)3)23-12-10-17-14-25-20-9-7-6-8-19(17)20/h6-9,14,25H,5,10-13H2,1-4H3,(H2,22,23,24). The van der Waals surface area contributed by atoms with E-state index in [-0.39, 0.29) is 0 Å². The average molecular weight is 367 g/mol. The molecule has 0 aliphatic heterocycles. The Kier molecular flexibility index (Phi) is 6.16. The molecule has 3 N–H and O–H groups in total. The minimum absolute atomic E-state index is 0.746. The van der Waals surface area contributed by atoms with Gasteiger partial charge in [-0.3, -0.25) is 9.67 Å². The van der Waals surface area contributed by atoms with E-state index < -0.39 is 0 Å². The summed E-state index contributed by atoms with van der Waals surface area (Å²) in [6, 6.07) is 8.42. The van der Waals surface area contributed by atoms with Crippen LogP contribution in [0.25, 0.3) is 10.9 Å². The van der Waals surface area contributed by atoms with Gasteiger partial charge in [0.15, 0.2) is 5.96 Å². The van der Waals surface area contributed by atoms with Gasteiger partial charge in [-0.2, -0.15) is 5.10 Å². The number of benzene rings is 1. The number of fused-ring (bicyclic) bond motifs is 1. The Morgan fingerprint density at radius 1 is 1.19 bits per heavy atom. The molecule has 3 aromatic rings. The van der Waals surface area contributed by atoms with Crippen LogP contribution < -0.4 is 10.6 Å². The average Bonchev–Trinajstić information content (AvgIpc) is 3.17. The Morgan fingerprint density at radius 2 is 2.00 bits per heavy atom. The van der Waals surface area contributed by atoms with Gasteiger partial charge in [0.25, 0.3) is 0 Å². The van der Waals surface area contributed by atoms with Crippen LogP contribution in [0.1, 0.15) is 29.4 Å². The number of aryl methyl sites for hydroxylation is 2. The summed E-state index contributed by atoms with van der Waals surface area (Å²) in [4.78, 5) is 8.07. The molecule has 144 valence electrons. The van der Waals surface area contributed by atoms with Gasteiger partial charge in [-0.05, 0) is 50.8 Å². The maximum absolute atomic E-state index is 4.73. The summed E-state index contributed by atoms with van der Waals surface area (Å²) in [6.07, 6.45) is 3.96. The van der Waals surface area contributed by atoms with Crippen molar-refractivity contribution in [1.82, 2.24) is 25.4 Å². The summed E-state index contributed by atoms with van der Waals surface area (Å²) in [5, 5.41) is 12.6. The zero-order valence-corrected chi connectivity index (χ0v) is 16.8. The first kappa shape index (κ1) is 19.0. The van der Waals surface area contributed by atoms with Crippen molar-refractivity contribution in [1.29, 1.82) is 0 Å². The molecule has 0 atom stereocenters. The molecule has 27 heavy (non-hydrogen) atoms. The van der Waals surface area contributed by atoms with E-state index in [9.17, 15) is 0 Å². The highest BCUT2D eigenvalue weighted by Crippen LogP contribution is 2.17. The van der Waals surface area contributed by atoms with Crippen LogP contribution >= 0.6 is 0 Å². The predicted octanol–water partition coefficient (Wildman–Crippen LogP) is 2.86. The first-order valence-corrected chi connectivity index (χ1v) is 9.66. The zero-order valence-electron chi connectivity index (χ0n) is 16.8. The Morgan fingerprint density at radius 3 is 2.74 bits per heavy atom. The summed E-state index contributed by atoms with van der Waals surface area (Å²) < 4.78 is 1.94. The van der Waals surface area contributed by atoms with Crippen LogP contribution in [0.3, 0.4) is 0 Å². The minimum atomic E-state index is 0.746. The fourth-order valence-corrected chi connectivity index (χ4v) is 3.45. The molecule has 0 fully saturated rings. The molecule has 0 spiro atoms. The first-order valence-electron chi connectivity index (χ1n) is 9.66. The summed E-state index contributed by atoms with van der Waals surface area (Å²) >= 11 is 0. The number of guanidine groups is 1. The molecule has 6 nitrogen and oxygen atoms in total. The molecule has 0 bridgehead atoms. The number of nitrogens with zero attached hydrogens (tertiary/aromatic N) is 3. The Balaban J connectivity index is 1.56. The van der Waals surface area contributed by atoms with Crippen molar-refractivity contribution in [3.8, 4) is 0 Å². The number of hydrogen-bond donors (Lipinski definition) is 3. The van der Waals surface area contributed by atoms with E-state index >= 15 is 0 Å². The smallest absolute Gasteiger partial charge is 0.191 e. The molecule has 2 heterocycles. The van der Waals surface area contributed by atoms with Gasteiger partial charge in [0.2, 0.25) is 0 Å². The second kappa shape index (κ2) is 8.75. The second-order valence-electron chi connectivity index (χ2n) is 6.82. The van der Waals surface area contributed by atoms with Crippen LogP contribution in [0.5, 0.6) is 0 Å². The lowest BCUT2D eigenvalue weighted by atomic mass is 10.1. The SMILES string of the molecule is CCNC(=NCCc1c(C)nn(C)c1C)NCCc1c[nH]c2ccccc12. The molecule has 0 amide bonds. The third kappa shape index (κ3) is 4.51. The number of rotatable bonds is 7. The fourth-order valence-electron chi connectivity index (χ4n) is 3.45. The molecule has 2 aromatic heterocycles. The van der Waals surface area contributed by atoms with Crippen molar-refractivity contribution >= 4 is 16.9 Å². The van der Waals surface area contributed by atoms with Crippen molar-refractivity contribution in [2.75, 3.05) is 19.6 Å². The molecular weight excluding hydrogens is 336 g/mol. The van der Waals surface area contributed by atoms with Gasteiger partial charge in [0.05, 0.1) is 5.69 Å². The largest absolute Gasteiger partial charge is 0.361 e. The van der Waals surface area contributed by atoms with Crippen LogP contribution in [-0.4, -0.2) is 40.4 Å². The first-order chi connectivity index (χ1) is 13.1. The number of aromatic nitrogens is 3. The lowest BCUT2D eigenvalue weighted by Crippen LogP contribution is -2.38. The number of hydrogen-bond acceptors (Lipinski definition) is 2. The third-order valence-electron chi connectivity index (χ3n) is 5.00. The Bertz CT molecular complexity index is 918. The van der Waals surface area contributed by atoms with Crippen molar-refractivity contribution in [2.45, 2.75) is 33.6 Å². The molecule has 0 saturated carbocycles. The van der Waals surface area contributed by atoms with Crippen LogP contribution in [0.2, 0.25) is 0 Å². The van der Waals surface area contributed by atoms with Crippen LogP contribution in [0, 0.1) is 13.8 Å². The molecular formula is C21H30N6. The highest BCUT2D eigenvalue weighted by atomic mass is 15.3. The summed E-state index contributed by atoms with van der Waals surface area (Å²) in [7, 11) is 1.99. The van der Waals surface area contributed by atoms with Crippen LogP contribution in [0.4, 0.5) is 0 Å². The van der Waals surface area contributed by atoms with Gasteiger partial charge in [-0.25, -0.2) is 0 Å². The molecule has 6 heteroatoms. The van der Waals surface area contributed by atoms with Gasteiger partial charge in [-0.15, -0.1) is 0 Å². The molecule has 0 radical (unpaired) electrons. The van der Waals surface area contributed by atoms with E-state index in [2.05, 4.69) is 71.9 Å². The fraction of sp³-hybridized carbons (Fsp3) is 0.429. The van der Waals surface area contributed by atoms with Gasteiger partial charge in [0.1, 0.15) is 0 Å². The minimum Gasteiger partial charge on any atom is -0.361 e. The second-order valence-corrected chi connectivity index (χ2v) is 6.82. The molecule has 0 saturated heterocycles. The zero-order chi connectivity index (χ0) is 19.2. The van der Waals surface area contributed by atoms with Crippen molar-refractivity contribution < 1.29 is 0 Å². The van der Waals surface area contributed by atoms with Gasteiger partial charge < -0.3 is 15.6 Å². The summed E-state index contributed by atoms with van der Waals surface area (Å²) in [5.74, 6) is 0.872. The Labute approximate surface area is 161 Å². The van der Waals surface area contributed by atoms with Crippen molar-refractivity contribution in [3.63, 3.8) is 0 Å². The Hall–Kier alpha value is -2.76. The van der Waals surface area contributed by atoms with E-state index in [0.29, 0.717) is 0 Å². The van der Waals surface area contributed by atoms with E-state index in [4.69, 9.17) is 4.99 Å². The normalized spacial score (nSPS) is 11.9. The quantitative estimate of drug-likeness (QED) is 0.445. The summed E-state index contributed by atoms with van der Waals surface area (Å²) in [5.41, 5.74) is 6.14. The molecule has 0 aliphatic rings. The van der Waals surface area contributed by atoms with E-state index in [1.165, 1.54) is 27.7 Å². The predicted molar refractivity (Wildman–Crippen MR) is 112 cm³/mol. The number of H-pyrrole nitrogens is 1. The lowest BCUT2D eigenvalue weighted by molar-refractivity contribution is 0.729. The van der Waals surface area contributed by atoms with Crippen LogP contribution in [-0.2, 0) is 19.9 Å². The van der Waals surface area contributed by atoms with Gasteiger partial charge in [0, 0.05) is 49.5 Å². The van der Waals surface area contributed by atoms with Gasteiger partial charge in [-0.1, -0.05) is 18.2 Å². The van der Waals surface area contributed by atoms with Gasteiger partial charge >= 0.3 is 0 Å². The maximum atomic E-state index is 4.73. The molecule has 0 unspecified atom stereocenters. The molecule has 1 aromatic carbocycles. The lowest BCUT2D eigenvalue weighted by Gasteiger charge is -2.11. The van der Waals surface area contributed by atoms with Crippen LogP contribution in [0.15, 0.2) is 35.5 Å². The molecule has 0 aliphatic carbocycles. The molecule has 3 rings (SSSR count). The highest BCUT2D eigenvalue weighted by Gasteiger charge is 2.09. The maximum Gasteiger partial charge on any atom is 0.191 e. The van der Waals surface area contributed by atoms with Crippen molar-refractivity contribution in [3.05, 3.63) is 53.0 Å². The number of aromatic amines is 1. The number of nitrogens with one attached hydrogen (secondary N) is 3. The van der Waals surface area contributed by atoms with E-state index in [0.717, 1.165) is 44.1 Å². The number of aliphatic imine (C=N–C) groups is 1. The van der Waals surface area contributed by atoms with E-state index in [1.54, 1.807) is 0 Å².